The Morgan fingerprint density at radius 1 is 1.06 bits per heavy atom. The molecule has 9 nitrogen and oxygen atoms in total. The maximum Gasteiger partial charge on any atom is 0.309 e. The van der Waals surface area contributed by atoms with E-state index in [4.69, 9.17) is 9.47 Å². The Morgan fingerprint density at radius 2 is 1.72 bits per heavy atom. The van der Waals surface area contributed by atoms with E-state index in [0.29, 0.717) is 18.8 Å². The summed E-state index contributed by atoms with van der Waals surface area (Å²) in [7, 11) is -2.24. The Hall–Kier alpha value is -2.95. The third kappa shape index (κ3) is 5.84. The average Bonchev–Trinajstić information content (AvgIpc) is 2.81. The van der Waals surface area contributed by atoms with Crippen LogP contribution in [0.3, 0.4) is 0 Å². The van der Waals surface area contributed by atoms with E-state index in [1.165, 1.54) is 4.31 Å². The Balaban J connectivity index is 1.56. The highest BCUT2D eigenvalue weighted by Crippen LogP contribution is 2.22. The number of methoxy groups -OCH3 is 1. The van der Waals surface area contributed by atoms with Crippen LogP contribution in [0, 0.1) is 6.92 Å². The zero-order valence-electron chi connectivity index (χ0n) is 18.0. The van der Waals surface area contributed by atoms with E-state index in [2.05, 4.69) is 10.6 Å². The van der Waals surface area contributed by atoms with Crippen LogP contribution in [0.1, 0.15) is 17.5 Å². The van der Waals surface area contributed by atoms with Crippen molar-refractivity contribution in [3.63, 3.8) is 0 Å². The number of sulfonamides is 1. The van der Waals surface area contributed by atoms with Crippen molar-refractivity contribution in [2.45, 2.75) is 31.0 Å². The number of carbonyl (C=O) groups excluding carboxylic acids is 2. The SMILES string of the molecule is COc1ccc(CNC(=O)C(=O)NC[C@H]2OCCCN2S(=O)(=O)c2ccc(C)cc2)cc1. The van der Waals surface area contributed by atoms with Crippen LogP contribution in [-0.4, -0.2) is 57.6 Å². The minimum Gasteiger partial charge on any atom is -0.497 e. The van der Waals surface area contributed by atoms with E-state index in [9.17, 15) is 18.0 Å². The number of carbonyl (C=O) groups is 2. The minimum absolute atomic E-state index is 0.139. The summed E-state index contributed by atoms with van der Waals surface area (Å²) in [6.07, 6.45) is -0.355. The molecule has 0 unspecified atom stereocenters. The van der Waals surface area contributed by atoms with Crippen LogP contribution in [0.25, 0.3) is 0 Å². The van der Waals surface area contributed by atoms with E-state index in [1.807, 2.05) is 6.92 Å². The summed E-state index contributed by atoms with van der Waals surface area (Å²) >= 11 is 0. The van der Waals surface area contributed by atoms with Crippen molar-refractivity contribution >= 4 is 21.8 Å². The highest BCUT2D eigenvalue weighted by Gasteiger charge is 2.34. The zero-order valence-corrected chi connectivity index (χ0v) is 18.9. The largest absolute Gasteiger partial charge is 0.497 e. The third-order valence-electron chi connectivity index (χ3n) is 5.04. The molecule has 2 amide bonds. The molecule has 0 aliphatic carbocycles. The fourth-order valence-corrected chi connectivity index (χ4v) is 4.78. The van der Waals surface area contributed by atoms with Gasteiger partial charge in [-0.1, -0.05) is 29.8 Å². The van der Waals surface area contributed by atoms with E-state index in [-0.39, 0.29) is 24.5 Å². The second-order valence-electron chi connectivity index (χ2n) is 7.35. The molecule has 10 heteroatoms. The summed E-state index contributed by atoms with van der Waals surface area (Å²) < 4.78 is 38.0. The summed E-state index contributed by atoms with van der Waals surface area (Å²) in [6.45, 7) is 2.53. The Labute approximate surface area is 187 Å². The molecule has 0 bridgehead atoms. The van der Waals surface area contributed by atoms with Crippen LogP contribution >= 0.6 is 0 Å². The summed E-state index contributed by atoms with van der Waals surface area (Å²) in [4.78, 5) is 24.5. The quantitative estimate of drug-likeness (QED) is 0.599. The van der Waals surface area contributed by atoms with Crippen molar-refractivity contribution in [2.75, 3.05) is 26.8 Å². The standard InChI is InChI=1S/C22H27N3O6S/c1-16-4-10-19(11-5-16)32(28,29)25-12-3-13-31-20(25)15-24-22(27)21(26)23-14-17-6-8-18(30-2)9-7-17/h4-11,20H,3,12-15H2,1-2H3,(H,23,26)(H,24,27)/t20-/m1/s1. The molecule has 3 rings (SSSR count). The molecular weight excluding hydrogens is 434 g/mol. The van der Waals surface area contributed by atoms with Gasteiger partial charge in [0.2, 0.25) is 10.0 Å². The first kappa shape index (κ1) is 23.7. The first-order chi connectivity index (χ1) is 15.3. The van der Waals surface area contributed by atoms with Gasteiger partial charge < -0.3 is 20.1 Å². The maximum absolute atomic E-state index is 13.0. The molecule has 1 saturated heterocycles. The number of benzene rings is 2. The van der Waals surface area contributed by atoms with Gasteiger partial charge in [-0.05, 0) is 43.2 Å². The van der Waals surface area contributed by atoms with E-state index in [0.717, 1.165) is 11.1 Å². The lowest BCUT2D eigenvalue weighted by molar-refractivity contribution is -0.140. The van der Waals surface area contributed by atoms with Crippen LogP contribution < -0.4 is 15.4 Å². The highest BCUT2D eigenvalue weighted by molar-refractivity contribution is 7.89. The number of nitrogens with zero attached hydrogens (tertiary/aromatic N) is 1. The van der Waals surface area contributed by atoms with Gasteiger partial charge in [-0.2, -0.15) is 4.31 Å². The molecular formula is C22H27N3O6S. The lowest BCUT2D eigenvalue weighted by Gasteiger charge is -2.34. The first-order valence-corrected chi connectivity index (χ1v) is 11.6. The zero-order chi connectivity index (χ0) is 23.1. The molecule has 32 heavy (non-hydrogen) atoms. The minimum atomic E-state index is -3.80. The molecule has 0 radical (unpaired) electrons. The van der Waals surface area contributed by atoms with Crippen molar-refractivity contribution < 1.29 is 27.5 Å². The van der Waals surface area contributed by atoms with Crippen LogP contribution in [0.2, 0.25) is 0 Å². The van der Waals surface area contributed by atoms with Crippen LogP contribution in [-0.2, 0) is 30.9 Å². The summed E-state index contributed by atoms with van der Waals surface area (Å²) in [5.41, 5.74) is 1.75. The Morgan fingerprint density at radius 3 is 2.38 bits per heavy atom. The molecule has 0 spiro atoms. The third-order valence-corrected chi connectivity index (χ3v) is 6.94. The summed E-state index contributed by atoms with van der Waals surface area (Å²) in [6, 6.07) is 13.6. The van der Waals surface area contributed by atoms with E-state index >= 15 is 0 Å². The van der Waals surface area contributed by atoms with Crippen molar-refractivity contribution in [1.29, 1.82) is 0 Å². The fourth-order valence-electron chi connectivity index (χ4n) is 3.21. The lowest BCUT2D eigenvalue weighted by Crippen LogP contribution is -2.53. The number of aryl methyl sites for hydroxylation is 1. The van der Waals surface area contributed by atoms with Gasteiger partial charge in [-0.25, -0.2) is 8.42 Å². The van der Waals surface area contributed by atoms with Gasteiger partial charge in [-0.3, -0.25) is 9.59 Å². The summed E-state index contributed by atoms with van der Waals surface area (Å²) in [5, 5.41) is 5.00. The average molecular weight is 462 g/mol. The normalized spacial score (nSPS) is 16.9. The van der Waals surface area contributed by atoms with E-state index in [1.54, 1.807) is 55.6 Å². The van der Waals surface area contributed by atoms with Gasteiger partial charge in [0.25, 0.3) is 0 Å². The second kappa shape index (κ2) is 10.6. The molecule has 1 heterocycles. The highest BCUT2D eigenvalue weighted by atomic mass is 32.2. The smallest absolute Gasteiger partial charge is 0.309 e. The molecule has 0 aromatic heterocycles. The predicted molar refractivity (Wildman–Crippen MR) is 117 cm³/mol. The number of nitrogens with one attached hydrogen (secondary N) is 2. The molecule has 1 aliphatic heterocycles. The van der Waals surface area contributed by atoms with Crippen molar-refractivity contribution in [1.82, 2.24) is 14.9 Å². The maximum atomic E-state index is 13.0. The number of rotatable bonds is 7. The molecule has 1 fully saturated rings. The van der Waals surface area contributed by atoms with Gasteiger partial charge in [-0.15, -0.1) is 0 Å². The van der Waals surface area contributed by atoms with Gasteiger partial charge in [0.1, 0.15) is 12.0 Å². The molecule has 1 atom stereocenters. The van der Waals surface area contributed by atoms with Gasteiger partial charge in [0.15, 0.2) is 0 Å². The fraction of sp³-hybridized carbons (Fsp3) is 0.364. The first-order valence-electron chi connectivity index (χ1n) is 10.2. The second-order valence-corrected chi connectivity index (χ2v) is 9.24. The molecule has 2 N–H and O–H groups in total. The predicted octanol–water partition coefficient (Wildman–Crippen LogP) is 1.17. The molecule has 0 saturated carbocycles. The Kier molecular flexibility index (Phi) is 7.84. The van der Waals surface area contributed by atoms with Crippen LogP contribution in [0.4, 0.5) is 0 Å². The van der Waals surface area contributed by atoms with Crippen molar-refractivity contribution in [2.24, 2.45) is 0 Å². The van der Waals surface area contributed by atoms with Gasteiger partial charge >= 0.3 is 11.8 Å². The topological polar surface area (TPSA) is 114 Å². The molecule has 1 aliphatic rings. The van der Waals surface area contributed by atoms with Crippen molar-refractivity contribution in [3.05, 3.63) is 59.7 Å². The molecule has 172 valence electrons. The number of ether oxygens (including phenoxy) is 2. The lowest BCUT2D eigenvalue weighted by atomic mass is 10.2. The van der Waals surface area contributed by atoms with Crippen LogP contribution in [0.5, 0.6) is 5.75 Å². The summed E-state index contributed by atoms with van der Waals surface area (Å²) in [5.74, 6) is -0.986. The van der Waals surface area contributed by atoms with Gasteiger partial charge in [0.05, 0.1) is 25.2 Å². The number of hydrogen-bond acceptors (Lipinski definition) is 6. The molecule has 2 aromatic carbocycles. The number of hydrogen-bond donors (Lipinski definition) is 2. The molecule has 2 aromatic rings. The number of amides is 2. The van der Waals surface area contributed by atoms with Gasteiger partial charge in [0, 0.05) is 13.1 Å². The van der Waals surface area contributed by atoms with Crippen LogP contribution in [0.15, 0.2) is 53.4 Å². The van der Waals surface area contributed by atoms with E-state index < -0.39 is 28.1 Å². The monoisotopic (exact) mass is 461 g/mol. The van der Waals surface area contributed by atoms with Crippen molar-refractivity contribution in [3.8, 4) is 5.75 Å². The Bertz CT molecular complexity index is 1040.